The molecule has 2 aromatic heterocycles. The normalized spacial score (nSPS) is 13.0. The molecule has 0 spiro atoms. The Bertz CT molecular complexity index is 1430. The van der Waals surface area contributed by atoms with E-state index in [9.17, 15) is 14.9 Å². The zero-order valence-electron chi connectivity index (χ0n) is 17.9. The van der Waals surface area contributed by atoms with Gasteiger partial charge in [-0.1, -0.05) is 12.1 Å². The number of ether oxygens (including phenoxy) is 2. The minimum atomic E-state index is -0.434. The highest BCUT2D eigenvalue weighted by molar-refractivity contribution is 7.18. The van der Waals surface area contributed by atoms with E-state index in [0.29, 0.717) is 33.8 Å². The fourth-order valence-corrected chi connectivity index (χ4v) is 5.47. The molecule has 0 fully saturated rings. The van der Waals surface area contributed by atoms with Crippen molar-refractivity contribution in [1.29, 1.82) is 0 Å². The maximum absolute atomic E-state index is 12.9. The van der Waals surface area contributed by atoms with Gasteiger partial charge in [0.25, 0.3) is 11.2 Å². The van der Waals surface area contributed by atoms with Gasteiger partial charge in [0, 0.05) is 16.5 Å². The Morgan fingerprint density at radius 1 is 1.15 bits per heavy atom. The number of nitro benzene ring substituents is 1. The molecule has 4 aromatic rings. The highest BCUT2D eigenvalue weighted by atomic mass is 32.1. The van der Waals surface area contributed by atoms with Crippen molar-refractivity contribution in [3.05, 3.63) is 78.9 Å². The average molecular weight is 464 g/mol. The number of aryl methyl sites for hydroxylation is 2. The van der Waals surface area contributed by atoms with Crippen LogP contribution in [0, 0.1) is 10.1 Å². The summed E-state index contributed by atoms with van der Waals surface area (Å²) in [6.07, 6.45) is 4.16. The monoisotopic (exact) mass is 463 g/mol. The Morgan fingerprint density at radius 3 is 2.79 bits per heavy atom. The van der Waals surface area contributed by atoms with E-state index in [1.165, 1.54) is 18.1 Å². The lowest BCUT2D eigenvalue weighted by Crippen LogP contribution is -2.11. The number of rotatable bonds is 6. The fraction of sp³-hybridized carbons (Fsp3) is 0.250. The molecule has 0 atom stereocenters. The molecular formula is C24H21N3O5S. The Labute approximate surface area is 193 Å². The van der Waals surface area contributed by atoms with Gasteiger partial charge in [0.1, 0.15) is 17.3 Å². The van der Waals surface area contributed by atoms with E-state index in [4.69, 9.17) is 14.5 Å². The number of nitrogens with zero attached hydrogens (tertiary/aromatic N) is 2. The smallest absolute Gasteiger partial charge is 0.276 e. The van der Waals surface area contributed by atoms with Gasteiger partial charge in [-0.15, -0.1) is 11.3 Å². The standard InChI is InChI=1S/C24H21N3O5S/c1-31-18-11-10-14(12-19(18)32-13-15-6-2-4-8-17(15)27(29)30)22-25-23(28)21-16-7-3-5-9-20(16)33-24(21)26-22/h2,4,6,8,10-12H,3,5,7,9,13H2,1H3,(H,25,26,28). The lowest BCUT2D eigenvalue weighted by Gasteiger charge is -2.12. The Balaban J connectivity index is 1.50. The molecule has 1 N–H and O–H groups in total. The summed E-state index contributed by atoms with van der Waals surface area (Å²) >= 11 is 1.60. The zero-order chi connectivity index (χ0) is 22.9. The number of benzene rings is 2. The van der Waals surface area contributed by atoms with Crippen LogP contribution in [0.2, 0.25) is 0 Å². The summed E-state index contributed by atoms with van der Waals surface area (Å²) in [5, 5.41) is 12.0. The van der Waals surface area contributed by atoms with Crippen LogP contribution in [0.3, 0.4) is 0 Å². The summed E-state index contributed by atoms with van der Waals surface area (Å²) in [4.78, 5) is 33.4. The van der Waals surface area contributed by atoms with E-state index in [0.717, 1.165) is 36.1 Å². The molecule has 0 bridgehead atoms. The van der Waals surface area contributed by atoms with Gasteiger partial charge in [-0.05, 0) is 55.5 Å². The quantitative estimate of drug-likeness (QED) is 0.318. The van der Waals surface area contributed by atoms with Crippen molar-refractivity contribution in [1.82, 2.24) is 9.97 Å². The fourth-order valence-electron chi connectivity index (χ4n) is 4.20. The van der Waals surface area contributed by atoms with Crippen LogP contribution in [0.1, 0.15) is 28.8 Å². The molecule has 1 aliphatic carbocycles. The van der Waals surface area contributed by atoms with Crippen molar-refractivity contribution in [2.45, 2.75) is 32.3 Å². The highest BCUT2D eigenvalue weighted by Crippen LogP contribution is 2.36. The Hall–Kier alpha value is -3.72. The molecule has 0 aliphatic heterocycles. The first-order chi connectivity index (χ1) is 16.0. The summed E-state index contributed by atoms with van der Waals surface area (Å²) in [6, 6.07) is 11.7. The lowest BCUT2D eigenvalue weighted by molar-refractivity contribution is -0.385. The molecule has 1 aliphatic rings. The molecule has 0 saturated carbocycles. The largest absolute Gasteiger partial charge is 0.493 e. The van der Waals surface area contributed by atoms with Crippen molar-refractivity contribution in [3.8, 4) is 22.9 Å². The summed E-state index contributed by atoms with van der Waals surface area (Å²) < 4.78 is 11.3. The van der Waals surface area contributed by atoms with Crippen LogP contribution < -0.4 is 15.0 Å². The third-order valence-electron chi connectivity index (χ3n) is 5.83. The van der Waals surface area contributed by atoms with Gasteiger partial charge < -0.3 is 14.5 Å². The minimum absolute atomic E-state index is 0.00239. The molecule has 33 heavy (non-hydrogen) atoms. The van der Waals surface area contributed by atoms with Crippen molar-refractivity contribution in [2.75, 3.05) is 7.11 Å². The SMILES string of the molecule is COc1ccc(-c2nc3sc4c(c3c(=O)[nH]2)CCCC4)cc1OCc1ccccc1[N+](=O)[O-]. The molecule has 5 rings (SSSR count). The number of nitrogens with one attached hydrogen (secondary N) is 1. The molecule has 168 valence electrons. The van der Waals surface area contributed by atoms with Gasteiger partial charge in [-0.25, -0.2) is 4.98 Å². The second-order valence-corrected chi connectivity index (χ2v) is 8.93. The molecule has 8 nitrogen and oxygen atoms in total. The molecule has 9 heteroatoms. The third kappa shape index (κ3) is 3.95. The number of aromatic amines is 1. The van der Waals surface area contributed by atoms with Crippen LogP contribution in [0.15, 0.2) is 47.3 Å². The van der Waals surface area contributed by atoms with E-state index < -0.39 is 4.92 Å². The third-order valence-corrected chi connectivity index (χ3v) is 7.02. The van der Waals surface area contributed by atoms with E-state index in [2.05, 4.69) is 4.98 Å². The molecule has 0 saturated heterocycles. The summed E-state index contributed by atoms with van der Waals surface area (Å²) in [6.45, 7) is -0.00239. The molecule has 0 unspecified atom stereocenters. The topological polar surface area (TPSA) is 107 Å². The predicted molar refractivity (Wildman–Crippen MR) is 126 cm³/mol. The van der Waals surface area contributed by atoms with Gasteiger partial charge in [-0.2, -0.15) is 0 Å². The molecule has 2 heterocycles. The van der Waals surface area contributed by atoms with Crippen LogP contribution in [0.4, 0.5) is 5.69 Å². The molecular weight excluding hydrogens is 442 g/mol. The number of methoxy groups -OCH3 is 1. The number of para-hydroxylation sites is 1. The van der Waals surface area contributed by atoms with Crippen molar-refractivity contribution in [3.63, 3.8) is 0 Å². The first-order valence-corrected chi connectivity index (χ1v) is 11.4. The zero-order valence-corrected chi connectivity index (χ0v) is 18.7. The maximum atomic E-state index is 12.9. The van der Waals surface area contributed by atoms with E-state index >= 15 is 0 Å². The molecule has 0 amide bonds. The number of hydrogen-bond donors (Lipinski definition) is 1. The number of H-pyrrole nitrogens is 1. The molecule has 2 aromatic carbocycles. The van der Waals surface area contributed by atoms with E-state index in [-0.39, 0.29) is 17.9 Å². The van der Waals surface area contributed by atoms with Crippen LogP contribution in [-0.4, -0.2) is 22.0 Å². The summed E-state index contributed by atoms with van der Waals surface area (Å²) in [5.74, 6) is 1.33. The van der Waals surface area contributed by atoms with E-state index in [1.807, 2.05) is 0 Å². The Morgan fingerprint density at radius 2 is 1.97 bits per heavy atom. The second-order valence-electron chi connectivity index (χ2n) is 7.85. The highest BCUT2D eigenvalue weighted by Gasteiger charge is 2.21. The number of thiophene rings is 1. The van der Waals surface area contributed by atoms with Gasteiger partial charge in [0.05, 0.1) is 23.0 Å². The molecule has 0 radical (unpaired) electrons. The number of aromatic nitrogens is 2. The van der Waals surface area contributed by atoms with Gasteiger partial charge in [0.15, 0.2) is 11.5 Å². The minimum Gasteiger partial charge on any atom is -0.493 e. The van der Waals surface area contributed by atoms with Gasteiger partial charge in [-0.3, -0.25) is 14.9 Å². The van der Waals surface area contributed by atoms with Crippen LogP contribution in [0.25, 0.3) is 21.6 Å². The lowest BCUT2D eigenvalue weighted by atomic mass is 9.97. The van der Waals surface area contributed by atoms with Crippen molar-refractivity contribution >= 4 is 27.2 Å². The van der Waals surface area contributed by atoms with Crippen molar-refractivity contribution in [2.24, 2.45) is 0 Å². The summed E-state index contributed by atoms with van der Waals surface area (Å²) in [5.41, 5.74) is 2.12. The average Bonchev–Trinajstić information content (AvgIpc) is 3.21. The van der Waals surface area contributed by atoms with Gasteiger partial charge >= 0.3 is 0 Å². The number of hydrogen-bond acceptors (Lipinski definition) is 7. The first-order valence-electron chi connectivity index (χ1n) is 10.6. The van der Waals surface area contributed by atoms with Crippen LogP contribution >= 0.6 is 11.3 Å². The number of fused-ring (bicyclic) bond motifs is 3. The second kappa shape index (κ2) is 8.67. The predicted octanol–water partition coefficient (Wildman–Crippen LogP) is 5.03. The van der Waals surface area contributed by atoms with Gasteiger partial charge in [0.2, 0.25) is 0 Å². The first kappa shape index (κ1) is 21.1. The number of nitro groups is 1. The van der Waals surface area contributed by atoms with Crippen LogP contribution in [0.5, 0.6) is 11.5 Å². The maximum Gasteiger partial charge on any atom is 0.276 e. The van der Waals surface area contributed by atoms with E-state index in [1.54, 1.807) is 47.7 Å². The van der Waals surface area contributed by atoms with Crippen molar-refractivity contribution < 1.29 is 14.4 Å². The Kier molecular flexibility index (Phi) is 5.55. The summed E-state index contributed by atoms with van der Waals surface area (Å²) in [7, 11) is 1.52. The van der Waals surface area contributed by atoms with Crippen LogP contribution in [-0.2, 0) is 19.4 Å².